The molecule has 124 valence electrons. The second-order valence-corrected chi connectivity index (χ2v) is 5.75. The average Bonchev–Trinajstić information content (AvgIpc) is 2.54. The molecule has 1 aromatic rings. The van der Waals surface area contributed by atoms with E-state index in [1.807, 2.05) is 0 Å². The number of carbonyl (C=O) groups is 3. The van der Waals surface area contributed by atoms with E-state index in [0.29, 0.717) is 24.2 Å². The number of anilines is 1. The molecule has 0 spiro atoms. The molecule has 2 rings (SSSR count). The van der Waals surface area contributed by atoms with Gasteiger partial charge in [0.25, 0.3) is 5.91 Å². The van der Waals surface area contributed by atoms with Gasteiger partial charge in [0.1, 0.15) is 6.04 Å². The molecule has 0 saturated carbocycles. The Morgan fingerprint density at radius 3 is 2.65 bits per heavy atom. The summed E-state index contributed by atoms with van der Waals surface area (Å²) < 4.78 is 0. The molecule has 2 N–H and O–H groups in total. The van der Waals surface area contributed by atoms with Crippen LogP contribution in [-0.2, 0) is 4.79 Å². The zero-order valence-corrected chi connectivity index (χ0v) is 13.3. The standard InChI is InChI=1S/C16H21N3O4/c1-18(2)16(23)17-12-7-5-6-11(10-12)14(20)19-9-4-3-8-13(19)15(21)22/h5-7,10,13H,3-4,8-9H2,1-2H3,(H,17,23)(H,21,22). The van der Waals surface area contributed by atoms with Crippen LogP contribution < -0.4 is 5.32 Å². The van der Waals surface area contributed by atoms with E-state index in [9.17, 15) is 19.5 Å². The lowest BCUT2D eigenvalue weighted by molar-refractivity contribution is -0.143. The second kappa shape index (κ2) is 7.13. The van der Waals surface area contributed by atoms with Crippen molar-refractivity contribution in [3.63, 3.8) is 0 Å². The number of benzene rings is 1. The molecule has 0 aliphatic carbocycles. The fourth-order valence-corrected chi connectivity index (χ4v) is 2.56. The van der Waals surface area contributed by atoms with Gasteiger partial charge in [0.05, 0.1) is 0 Å². The van der Waals surface area contributed by atoms with E-state index >= 15 is 0 Å². The Morgan fingerprint density at radius 2 is 2.00 bits per heavy atom. The van der Waals surface area contributed by atoms with Crippen molar-refractivity contribution >= 4 is 23.6 Å². The molecule has 1 atom stereocenters. The zero-order valence-electron chi connectivity index (χ0n) is 13.3. The van der Waals surface area contributed by atoms with E-state index < -0.39 is 12.0 Å². The summed E-state index contributed by atoms with van der Waals surface area (Å²) in [5.74, 6) is -1.30. The number of amides is 3. The maximum absolute atomic E-state index is 12.6. The van der Waals surface area contributed by atoms with E-state index in [2.05, 4.69) is 5.32 Å². The number of carbonyl (C=O) groups excluding carboxylic acids is 2. The number of likely N-dealkylation sites (tertiary alicyclic amines) is 1. The van der Waals surface area contributed by atoms with Crippen molar-refractivity contribution in [3.05, 3.63) is 29.8 Å². The van der Waals surface area contributed by atoms with Crippen molar-refractivity contribution in [1.29, 1.82) is 0 Å². The van der Waals surface area contributed by atoms with E-state index in [0.717, 1.165) is 12.8 Å². The van der Waals surface area contributed by atoms with Crippen LogP contribution in [0.4, 0.5) is 10.5 Å². The molecule has 1 saturated heterocycles. The Labute approximate surface area is 134 Å². The Bertz CT molecular complexity index is 615. The minimum absolute atomic E-state index is 0.295. The highest BCUT2D eigenvalue weighted by atomic mass is 16.4. The summed E-state index contributed by atoms with van der Waals surface area (Å²) in [5.41, 5.74) is 0.869. The maximum atomic E-state index is 12.6. The third-order valence-corrected chi connectivity index (χ3v) is 3.82. The first-order valence-electron chi connectivity index (χ1n) is 7.52. The normalized spacial score (nSPS) is 17.5. The van der Waals surface area contributed by atoms with Gasteiger partial charge in [0.2, 0.25) is 0 Å². The molecule has 1 aliphatic heterocycles. The van der Waals surface area contributed by atoms with Gasteiger partial charge in [0.15, 0.2) is 0 Å². The fraction of sp³-hybridized carbons (Fsp3) is 0.438. The minimum Gasteiger partial charge on any atom is -0.480 e. The molecule has 1 fully saturated rings. The summed E-state index contributed by atoms with van der Waals surface area (Å²) in [6.07, 6.45) is 2.07. The van der Waals surface area contributed by atoms with Crippen LogP contribution in [0, 0.1) is 0 Å². The number of urea groups is 1. The number of nitrogens with one attached hydrogen (secondary N) is 1. The van der Waals surface area contributed by atoms with Crippen LogP contribution >= 0.6 is 0 Å². The van der Waals surface area contributed by atoms with Crippen LogP contribution in [0.15, 0.2) is 24.3 Å². The van der Waals surface area contributed by atoms with Crippen molar-refractivity contribution < 1.29 is 19.5 Å². The first kappa shape index (κ1) is 16.8. The molecule has 1 aliphatic rings. The predicted octanol–water partition coefficient (Wildman–Crippen LogP) is 1.86. The highest BCUT2D eigenvalue weighted by Gasteiger charge is 2.32. The molecule has 3 amide bonds. The Hall–Kier alpha value is -2.57. The smallest absolute Gasteiger partial charge is 0.326 e. The van der Waals surface area contributed by atoms with Gasteiger partial charge in [0, 0.05) is 31.9 Å². The Balaban J connectivity index is 2.18. The number of nitrogens with zero attached hydrogens (tertiary/aromatic N) is 2. The zero-order chi connectivity index (χ0) is 17.0. The van der Waals surface area contributed by atoms with Crippen LogP contribution in [-0.4, -0.2) is 59.5 Å². The van der Waals surface area contributed by atoms with Gasteiger partial charge in [-0.15, -0.1) is 0 Å². The van der Waals surface area contributed by atoms with Crippen molar-refractivity contribution in [2.24, 2.45) is 0 Å². The summed E-state index contributed by atoms with van der Waals surface area (Å²) in [6.45, 7) is 0.435. The molecule has 23 heavy (non-hydrogen) atoms. The van der Waals surface area contributed by atoms with Crippen molar-refractivity contribution in [2.45, 2.75) is 25.3 Å². The van der Waals surface area contributed by atoms with Gasteiger partial charge in [-0.3, -0.25) is 4.79 Å². The molecule has 7 heteroatoms. The first-order chi connectivity index (χ1) is 10.9. The van der Waals surface area contributed by atoms with Crippen LogP contribution in [0.25, 0.3) is 0 Å². The number of carboxylic acid groups (broad SMARTS) is 1. The van der Waals surface area contributed by atoms with Gasteiger partial charge < -0.3 is 20.2 Å². The summed E-state index contributed by atoms with van der Waals surface area (Å²) in [6, 6.07) is 5.46. The van der Waals surface area contributed by atoms with Crippen LogP contribution in [0.1, 0.15) is 29.6 Å². The highest BCUT2D eigenvalue weighted by molar-refractivity contribution is 5.98. The summed E-state index contributed by atoms with van der Waals surface area (Å²) in [5, 5.41) is 12.0. The van der Waals surface area contributed by atoms with E-state index in [-0.39, 0.29) is 11.9 Å². The van der Waals surface area contributed by atoms with Gasteiger partial charge in [-0.2, -0.15) is 0 Å². The molecule has 0 radical (unpaired) electrons. The molecule has 7 nitrogen and oxygen atoms in total. The molecule has 0 aromatic heterocycles. The quantitative estimate of drug-likeness (QED) is 0.890. The van der Waals surface area contributed by atoms with Gasteiger partial charge in [-0.1, -0.05) is 6.07 Å². The van der Waals surface area contributed by atoms with Crippen LogP contribution in [0.2, 0.25) is 0 Å². The lowest BCUT2D eigenvalue weighted by Gasteiger charge is -2.33. The lowest BCUT2D eigenvalue weighted by Crippen LogP contribution is -2.48. The number of rotatable bonds is 3. The van der Waals surface area contributed by atoms with Crippen LogP contribution in [0.3, 0.4) is 0 Å². The third-order valence-electron chi connectivity index (χ3n) is 3.82. The van der Waals surface area contributed by atoms with Crippen LogP contribution in [0.5, 0.6) is 0 Å². The molecular formula is C16H21N3O4. The van der Waals surface area contributed by atoms with Crippen molar-refractivity contribution in [2.75, 3.05) is 26.0 Å². The fourth-order valence-electron chi connectivity index (χ4n) is 2.56. The number of piperidine rings is 1. The van der Waals surface area contributed by atoms with Crippen molar-refractivity contribution in [3.8, 4) is 0 Å². The summed E-state index contributed by atoms with van der Waals surface area (Å²) >= 11 is 0. The monoisotopic (exact) mass is 319 g/mol. The largest absolute Gasteiger partial charge is 0.480 e. The first-order valence-corrected chi connectivity index (χ1v) is 7.52. The number of carboxylic acids is 1. The average molecular weight is 319 g/mol. The third kappa shape index (κ3) is 4.00. The van der Waals surface area contributed by atoms with E-state index in [1.165, 1.54) is 9.80 Å². The topological polar surface area (TPSA) is 90.0 Å². The molecule has 1 heterocycles. The number of hydrogen-bond acceptors (Lipinski definition) is 3. The van der Waals surface area contributed by atoms with E-state index in [4.69, 9.17) is 0 Å². The Morgan fingerprint density at radius 1 is 1.26 bits per heavy atom. The van der Waals surface area contributed by atoms with Gasteiger partial charge in [-0.05, 0) is 37.5 Å². The molecule has 1 unspecified atom stereocenters. The lowest BCUT2D eigenvalue weighted by atomic mass is 10.0. The van der Waals surface area contributed by atoms with Gasteiger partial charge in [-0.25, -0.2) is 9.59 Å². The molecule has 0 bridgehead atoms. The Kier molecular flexibility index (Phi) is 5.20. The molecular weight excluding hydrogens is 298 g/mol. The summed E-state index contributed by atoms with van der Waals surface area (Å²) in [4.78, 5) is 38.4. The second-order valence-electron chi connectivity index (χ2n) is 5.75. The van der Waals surface area contributed by atoms with E-state index in [1.54, 1.807) is 38.4 Å². The number of aliphatic carboxylic acids is 1. The maximum Gasteiger partial charge on any atom is 0.326 e. The van der Waals surface area contributed by atoms with Crippen molar-refractivity contribution in [1.82, 2.24) is 9.80 Å². The van der Waals surface area contributed by atoms with Gasteiger partial charge >= 0.3 is 12.0 Å². The SMILES string of the molecule is CN(C)C(=O)Nc1cccc(C(=O)N2CCCCC2C(=O)O)c1. The number of hydrogen-bond donors (Lipinski definition) is 2. The molecule has 1 aromatic carbocycles. The summed E-state index contributed by atoms with van der Waals surface area (Å²) in [7, 11) is 3.24. The minimum atomic E-state index is -0.977. The highest BCUT2D eigenvalue weighted by Crippen LogP contribution is 2.21. The predicted molar refractivity (Wildman–Crippen MR) is 85.5 cm³/mol.